The van der Waals surface area contributed by atoms with Crippen LogP contribution in [0.5, 0.6) is 0 Å². The second-order valence-electron chi connectivity index (χ2n) is 2.50. The smallest absolute Gasteiger partial charge is 0.288 e. The highest BCUT2D eigenvalue weighted by molar-refractivity contribution is 7.11. The molecule has 0 spiro atoms. The Kier molecular flexibility index (Phi) is 2.60. The molecule has 0 aromatic carbocycles. The van der Waals surface area contributed by atoms with Crippen LogP contribution in [-0.2, 0) is 5.92 Å². The zero-order valence-electron chi connectivity index (χ0n) is 7.10. The van der Waals surface area contributed by atoms with Gasteiger partial charge in [-0.15, -0.1) is 11.3 Å². The quantitative estimate of drug-likeness (QED) is 0.798. The number of carbonyl (C=O) groups excluding carboxylic acids is 1. The molecule has 1 heterocycles. The van der Waals surface area contributed by atoms with Crippen molar-refractivity contribution >= 4 is 17.2 Å². The third-order valence-corrected chi connectivity index (χ3v) is 2.24. The average Bonchev–Trinajstić information content (AvgIpc) is 2.49. The molecule has 72 valence electrons. The molecule has 0 aliphatic carbocycles. The minimum absolute atomic E-state index is 0.0324. The number of thiazole rings is 1. The van der Waals surface area contributed by atoms with Gasteiger partial charge in [0.05, 0.1) is 5.51 Å². The minimum atomic E-state index is -3.07. The summed E-state index contributed by atoms with van der Waals surface area (Å²) in [7, 11) is 1.39. The summed E-state index contributed by atoms with van der Waals surface area (Å²) in [6.45, 7) is 0.717. The molecule has 0 saturated carbocycles. The van der Waals surface area contributed by atoms with E-state index in [2.05, 4.69) is 10.3 Å². The molecule has 0 unspecified atom stereocenters. The van der Waals surface area contributed by atoms with Gasteiger partial charge in [0.25, 0.3) is 11.8 Å². The minimum Gasteiger partial charge on any atom is -0.354 e. The van der Waals surface area contributed by atoms with Gasteiger partial charge in [-0.3, -0.25) is 4.79 Å². The summed E-state index contributed by atoms with van der Waals surface area (Å²) in [5.74, 6) is -3.60. The number of hydrogen-bond acceptors (Lipinski definition) is 3. The molecule has 1 N–H and O–H groups in total. The van der Waals surface area contributed by atoms with Crippen LogP contribution >= 0.6 is 11.3 Å². The van der Waals surface area contributed by atoms with Gasteiger partial charge in [0.15, 0.2) is 0 Å². The monoisotopic (exact) mass is 206 g/mol. The van der Waals surface area contributed by atoms with Gasteiger partial charge in [-0.2, -0.15) is 8.78 Å². The van der Waals surface area contributed by atoms with E-state index in [4.69, 9.17) is 0 Å². The number of alkyl halides is 2. The molecule has 0 fully saturated rings. The number of aromatic nitrogens is 1. The molecule has 0 aliphatic rings. The van der Waals surface area contributed by atoms with Gasteiger partial charge in [-0.05, 0) is 0 Å². The first-order chi connectivity index (χ1) is 5.96. The molecule has 1 rings (SSSR count). The second-order valence-corrected chi connectivity index (χ2v) is 3.35. The Labute approximate surface area is 77.8 Å². The Hall–Kier alpha value is -1.04. The lowest BCUT2D eigenvalue weighted by Gasteiger charge is -2.08. The van der Waals surface area contributed by atoms with Crippen molar-refractivity contribution in [3.63, 3.8) is 0 Å². The number of amides is 1. The molecule has 13 heavy (non-hydrogen) atoms. The van der Waals surface area contributed by atoms with Gasteiger partial charge >= 0.3 is 0 Å². The molecule has 0 atom stereocenters. The second kappa shape index (κ2) is 3.37. The molecule has 6 heteroatoms. The van der Waals surface area contributed by atoms with Crippen molar-refractivity contribution < 1.29 is 13.6 Å². The van der Waals surface area contributed by atoms with E-state index in [-0.39, 0.29) is 4.88 Å². The molecule has 0 aliphatic heterocycles. The average molecular weight is 206 g/mol. The van der Waals surface area contributed by atoms with Crippen molar-refractivity contribution in [2.24, 2.45) is 0 Å². The number of carbonyl (C=O) groups is 1. The van der Waals surface area contributed by atoms with E-state index in [0.29, 0.717) is 6.92 Å². The summed E-state index contributed by atoms with van der Waals surface area (Å²) < 4.78 is 25.6. The molecule has 1 amide bonds. The summed E-state index contributed by atoms with van der Waals surface area (Å²) in [6, 6.07) is 0. The van der Waals surface area contributed by atoms with Crippen LogP contribution in [0, 0.1) is 0 Å². The molecule has 3 nitrogen and oxygen atoms in total. The summed E-state index contributed by atoms with van der Waals surface area (Å²) in [4.78, 5) is 14.5. The number of nitrogens with zero attached hydrogens (tertiary/aromatic N) is 1. The normalized spacial score (nSPS) is 11.4. The molecule has 1 aromatic heterocycles. The van der Waals surface area contributed by atoms with Crippen molar-refractivity contribution in [1.82, 2.24) is 10.3 Å². The van der Waals surface area contributed by atoms with Crippen molar-refractivity contribution in [2.75, 3.05) is 7.05 Å². The van der Waals surface area contributed by atoms with Crippen LogP contribution in [0.3, 0.4) is 0 Å². The van der Waals surface area contributed by atoms with Gasteiger partial charge < -0.3 is 5.32 Å². The lowest BCUT2D eigenvalue weighted by Crippen LogP contribution is -2.21. The Bertz CT molecular complexity index is 319. The standard InChI is InChI=1S/C7H8F2N2OS/c1-7(8,9)5-4(6(12)10-2)13-3-11-5/h3H,1-2H3,(H,10,12). The van der Waals surface area contributed by atoms with Crippen LogP contribution in [0.25, 0.3) is 0 Å². The van der Waals surface area contributed by atoms with Crippen molar-refractivity contribution in [3.8, 4) is 0 Å². The predicted molar refractivity (Wildman–Crippen MR) is 45.1 cm³/mol. The Morgan fingerprint density at radius 3 is 2.77 bits per heavy atom. The largest absolute Gasteiger partial charge is 0.354 e. The molecular formula is C7H8F2N2OS. The van der Waals surface area contributed by atoms with Crippen molar-refractivity contribution in [1.29, 1.82) is 0 Å². The Morgan fingerprint density at radius 2 is 2.31 bits per heavy atom. The maximum absolute atomic E-state index is 12.8. The first kappa shape index (κ1) is 10.0. The van der Waals surface area contributed by atoms with Crippen LogP contribution in [0.4, 0.5) is 8.78 Å². The van der Waals surface area contributed by atoms with Gasteiger partial charge in [-0.25, -0.2) is 4.98 Å². The Morgan fingerprint density at radius 1 is 1.69 bits per heavy atom. The van der Waals surface area contributed by atoms with Crippen LogP contribution < -0.4 is 5.32 Å². The van der Waals surface area contributed by atoms with E-state index < -0.39 is 17.5 Å². The van der Waals surface area contributed by atoms with Crippen molar-refractivity contribution in [3.05, 3.63) is 16.1 Å². The highest BCUT2D eigenvalue weighted by atomic mass is 32.1. The molecular weight excluding hydrogens is 198 g/mol. The third-order valence-electron chi connectivity index (χ3n) is 1.42. The van der Waals surface area contributed by atoms with Crippen LogP contribution in [-0.4, -0.2) is 17.9 Å². The zero-order valence-corrected chi connectivity index (χ0v) is 7.91. The summed E-state index contributed by atoms with van der Waals surface area (Å²) in [5.41, 5.74) is 0.772. The van der Waals surface area contributed by atoms with Gasteiger partial charge in [0.2, 0.25) is 0 Å². The van der Waals surface area contributed by atoms with Crippen LogP contribution in [0.1, 0.15) is 22.3 Å². The predicted octanol–water partition coefficient (Wildman–Crippen LogP) is 1.61. The first-order valence-electron chi connectivity index (χ1n) is 3.50. The van der Waals surface area contributed by atoms with Crippen molar-refractivity contribution in [2.45, 2.75) is 12.8 Å². The molecule has 0 saturated heterocycles. The van der Waals surface area contributed by atoms with Gasteiger partial charge in [-0.1, -0.05) is 0 Å². The zero-order chi connectivity index (χ0) is 10.1. The summed E-state index contributed by atoms with van der Waals surface area (Å²) in [6.07, 6.45) is 0. The summed E-state index contributed by atoms with van der Waals surface area (Å²) in [5, 5.41) is 2.28. The Balaban J connectivity index is 3.10. The maximum Gasteiger partial charge on any atom is 0.288 e. The molecule has 1 aromatic rings. The van der Waals surface area contributed by atoms with Crippen LogP contribution in [0.2, 0.25) is 0 Å². The number of hydrogen-bond donors (Lipinski definition) is 1. The topological polar surface area (TPSA) is 42.0 Å². The first-order valence-corrected chi connectivity index (χ1v) is 4.38. The van der Waals surface area contributed by atoms with E-state index in [1.165, 1.54) is 12.6 Å². The van der Waals surface area contributed by atoms with E-state index in [1.54, 1.807) is 0 Å². The number of rotatable bonds is 2. The van der Waals surface area contributed by atoms with E-state index in [1.807, 2.05) is 0 Å². The van der Waals surface area contributed by atoms with Gasteiger partial charge in [0.1, 0.15) is 10.6 Å². The fraction of sp³-hybridized carbons (Fsp3) is 0.429. The highest BCUT2D eigenvalue weighted by Gasteiger charge is 2.32. The van der Waals surface area contributed by atoms with Crippen LogP contribution in [0.15, 0.2) is 5.51 Å². The third kappa shape index (κ3) is 2.00. The molecule has 0 radical (unpaired) electrons. The summed E-state index contributed by atoms with van der Waals surface area (Å²) >= 11 is 0.906. The van der Waals surface area contributed by atoms with Gasteiger partial charge in [0, 0.05) is 14.0 Å². The fourth-order valence-corrected chi connectivity index (χ4v) is 1.65. The lowest BCUT2D eigenvalue weighted by molar-refractivity contribution is 0.0124. The SMILES string of the molecule is CNC(=O)c1scnc1C(C)(F)F. The highest BCUT2D eigenvalue weighted by Crippen LogP contribution is 2.30. The maximum atomic E-state index is 12.8. The number of halogens is 2. The van der Waals surface area contributed by atoms with E-state index in [0.717, 1.165) is 11.3 Å². The number of nitrogens with one attached hydrogen (secondary N) is 1. The van der Waals surface area contributed by atoms with E-state index in [9.17, 15) is 13.6 Å². The molecule has 0 bridgehead atoms. The van der Waals surface area contributed by atoms with E-state index >= 15 is 0 Å². The lowest BCUT2D eigenvalue weighted by atomic mass is 10.2. The fourth-order valence-electron chi connectivity index (χ4n) is 0.833.